The van der Waals surface area contributed by atoms with Gasteiger partial charge in [-0.15, -0.1) is 0 Å². The number of hydrogen-bond acceptors (Lipinski definition) is 5. The van der Waals surface area contributed by atoms with Crippen molar-refractivity contribution in [3.05, 3.63) is 71.3 Å². The third-order valence-corrected chi connectivity index (χ3v) is 37.1. The molecule has 0 heterocycles. The van der Waals surface area contributed by atoms with E-state index in [9.17, 15) is 18.4 Å². The second-order valence-corrected chi connectivity index (χ2v) is 31.3. The van der Waals surface area contributed by atoms with Crippen LogP contribution in [0.3, 0.4) is 0 Å². The average Bonchev–Trinajstić information content (AvgIpc) is 2.78. The van der Waals surface area contributed by atoms with E-state index >= 15 is 0 Å². The first-order valence-corrected chi connectivity index (χ1v) is 23.1. The van der Waals surface area contributed by atoms with E-state index in [0.717, 1.165) is 0 Å². The van der Waals surface area contributed by atoms with Crippen LogP contribution in [0.15, 0.2) is 48.5 Å². The number of halogens is 2. The molecule has 31 heavy (non-hydrogen) atoms. The Bertz CT molecular complexity index is 806. The van der Waals surface area contributed by atoms with Crippen LogP contribution in [0.4, 0.5) is 8.78 Å². The van der Waals surface area contributed by atoms with E-state index < -0.39 is 62.0 Å². The zero-order valence-electron chi connectivity index (χ0n) is 18.2. The van der Waals surface area contributed by atoms with Crippen molar-refractivity contribution < 1.29 is 25.9 Å². The van der Waals surface area contributed by atoms with E-state index in [1.54, 1.807) is 0 Å². The molecule has 9 heteroatoms. The van der Waals surface area contributed by atoms with Gasteiger partial charge in [0.05, 0.1) is 0 Å². The number of carbonyl (C=O) groups is 2. The van der Waals surface area contributed by atoms with Gasteiger partial charge in [0.2, 0.25) is 0 Å². The monoisotopic (exact) mass is 650 g/mol. The summed E-state index contributed by atoms with van der Waals surface area (Å²) >= 11 is -7.91. The van der Waals surface area contributed by atoms with E-state index in [0.29, 0.717) is 17.7 Å². The standard InChI is InChI=1S/2C7H5FO2.4C2H5.O.2Sn/c2*8-6-3-1-5(2-4-6)7(9)10;4*1-2;;;/h2*1-4H,(H,9,10);4*1H2,2H3;;;/q;;;;;;;2*+1/p-2. The normalized spacial score (nSPS) is 11.8. The van der Waals surface area contributed by atoms with Gasteiger partial charge in [-0.1, -0.05) is 0 Å². The molecule has 0 bridgehead atoms. The van der Waals surface area contributed by atoms with E-state index in [1.807, 2.05) is 27.7 Å². The molecule has 0 saturated heterocycles. The molecular formula is C22H28F2O5Sn2. The Labute approximate surface area is 192 Å². The Balaban J connectivity index is 2.26. The summed E-state index contributed by atoms with van der Waals surface area (Å²) in [5, 5.41) is 0. The Kier molecular flexibility index (Phi) is 9.75. The van der Waals surface area contributed by atoms with E-state index in [-0.39, 0.29) is 11.1 Å². The van der Waals surface area contributed by atoms with Gasteiger partial charge in [-0.3, -0.25) is 0 Å². The molecule has 0 spiro atoms. The fourth-order valence-corrected chi connectivity index (χ4v) is 39.6. The number of benzene rings is 2. The maximum atomic E-state index is 13.2. The molecule has 0 aliphatic carbocycles. The van der Waals surface area contributed by atoms with E-state index in [4.69, 9.17) is 7.56 Å². The molecule has 0 N–H and O–H groups in total. The van der Waals surface area contributed by atoms with Gasteiger partial charge < -0.3 is 0 Å². The molecule has 0 aliphatic heterocycles. The summed E-state index contributed by atoms with van der Waals surface area (Å²) in [4.78, 5) is 25.5. The summed E-state index contributed by atoms with van der Waals surface area (Å²) in [5.74, 6) is -1.96. The van der Waals surface area contributed by atoms with Gasteiger partial charge >= 0.3 is 193 Å². The number of rotatable bonds is 10. The first-order chi connectivity index (χ1) is 14.7. The zero-order valence-corrected chi connectivity index (χ0v) is 24.0. The fraction of sp³-hybridized carbons (Fsp3) is 0.364. The van der Waals surface area contributed by atoms with Crippen molar-refractivity contribution in [3.63, 3.8) is 0 Å². The van der Waals surface area contributed by atoms with Gasteiger partial charge in [-0.2, -0.15) is 0 Å². The summed E-state index contributed by atoms with van der Waals surface area (Å²) in [5.41, 5.74) is 0.509. The summed E-state index contributed by atoms with van der Waals surface area (Å²) < 4.78 is 47.2. The van der Waals surface area contributed by atoms with Crippen molar-refractivity contribution in [2.24, 2.45) is 0 Å². The second kappa shape index (κ2) is 11.6. The van der Waals surface area contributed by atoms with E-state index in [2.05, 4.69) is 0 Å². The first-order valence-electron chi connectivity index (χ1n) is 10.4. The molecule has 0 fully saturated rings. The van der Waals surface area contributed by atoms with E-state index in [1.165, 1.54) is 48.5 Å². The van der Waals surface area contributed by atoms with Gasteiger partial charge in [0.15, 0.2) is 0 Å². The Morgan fingerprint density at radius 3 is 1.19 bits per heavy atom. The van der Waals surface area contributed by atoms with Gasteiger partial charge in [-0.25, -0.2) is 0 Å². The van der Waals surface area contributed by atoms with Crippen LogP contribution >= 0.6 is 0 Å². The van der Waals surface area contributed by atoms with Crippen LogP contribution in [0.5, 0.6) is 0 Å². The molecule has 0 saturated carbocycles. The Morgan fingerprint density at radius 1 is 0.645 bits per heavy atom. The van der Waals surface area contributed by atoms with Crippen LogP contribution in [0.25, 0.3) is 0 Å². The first kappa shape index (κ1) is 26.1. The molecule has 0 unspecified atom stereocenters. The summed E-state index contributed by atoms with van der Waals surface area (Å²) in [6.45, 7) is 7.67. The third-order valence-electron chi connectivity index (χ3n) is 5.24. The molecule has 2 rings (SSSR count). The Hall–Kier alpha value is -1.20. The summed E-state index contributed by atoms with van der Waals surface area (Å²) in [7, 11) is 0. The molecule has 0 amide bonds. The van der Waals surface area contributed by atoms with Gasteiger partial charge in [0.25, 0.3) is 0 Å². The SMILES string of the molecule is C[CH2][Sn]([CH2]C)([O]C(=O)c1ccc(F)cc1)[O][Sn]([CH2]C)([CH2]C)[O]C(=O)c1ccc(F)cc1. The Morgan fingerprint density at radius 2 is 0.935 bits per heavy atom. The summed E-state index contributed by atoms with van der Waals surface area (Å²) in [6, 6.07) is 10.3. The van der Waals surface area contributed by atoms with Crippen molar-refractivity contribution in [2.45, 2.75) is 45.4 Å². The molecule has 0 aliphatic rings. The predicted octanol–water partition coefficient (Wildman–Crippen LogP) is 5.96. The van der Waals surface area contributed by atoms with Crippen LogP contribution < -0.4 is 0 Å². The van der Waals surface area contributed by atoms with Gasteiger partial charge in [0.1, 0.15) is 0 Å². The van der Waals surface area contributed by atoms with Crippen molar-refractivity contribution in [3.8, 4) is 0 Å². The van der Waals surface area contributed by atoms with Crippen LogP contribution in [-0.2, 0) is 7.56 Å². The van der Waals surface area contributed by atoms with Crippen LogP contribution in [-0.4, -0.2) is 50.3 Å². The van der Waals surface area contributed by atoms with Gasteiger partial charge in [0, 0.05) is 0 Å². The third kappa shape index (κ3) is 6.89. The fourth-order valence-electron chi connectivity index (χ4n) is 3.09. The average molecular weight is 648 g/mol. The van der Waals surface area contributed by atoms with Crippen LogP contribution in [0, 0.1) is 11.6 Å². The molecule has 5 nitrogen and oxygen atoms in total. The molecule has 168 valence electrons. The maximum absolute atomic E-state index is 13.2. The number of hydrogen-bond donors (Lipinski definition) is 0. The van der Waals surface area contributed by atoms with Crippen molar-refractivity contribution >= 4 is 50.3 Å². The molecule has 0 radical (unpaired) electrons. The minimum absolute atomic E-state index is 0.255. The minimum atomic E-state index is -3.95. The predicted molar refractivity (Wildman–Crippen MR) is 118 cm³/mol. The summed E-state index contributed by atoms with van der Waals surface area (Å²) in [6.07, 6.45) is 0. The molecule has 2 aromatic rings. The van der Waals surface area contributed by atoms with Crippen LogP contribution in [0.1, 0.15) is 48.4 Å². The van der Waals surface area contributed by atoms with Gasteiger partial charge in [-0.05, 0) is 0 Å². The molecule has 2 aromatic carbocycles. The van der Waals surface area contributed by atoms with Crippen molar-refractivity contribution in [1.82, 2.24) is 0 Å². The molecule has 0 atom stereocenters. The molecule has 0 aromatic heterocycles. The van der Waals surface area contributed by atoms with Crippen molar-refractivity contribution in [2.75, 3.05) is 0 Å². The second-order valence-electron chi connectivity index (χ2n) is 7.13. The number of carbonyl (C=O) groups excluding carboxylic acids is 2. The van der Waals surface area contributed by atoms with Crippen LogP contribution in [0.2, 0.25) is 17.7 Å². The zero-order chi connectivity index (χ0) is 23.1. The van der Waals surface area contributed by atoms with Crippen molar-refractivity contribution in [1.29, 1.82) is 0 Å². The molecular weight excluding hydrogens is 620 g/mol. The quantitative estimate of drug-likeness (QED) is 0.298. The topological polar surface area (TPSA) is 61.8 Å².